The zero-order valence-corrected chi connectivity index (χ0v) is 25.1. The van der Waals surface area contributed by atoms with E-state index in [9.17, 15) is 47.2 Å². The lowest BCUT2D eigenvalue weighted by molar-refractivity contribution is -0.214. The van der Waals surface area contributed by atoms with Crippen LogP contribution >= 0.6 is 15.9 Å². The molecule has 1 amide bonds. The number of carbonyl (C=O) groups excluding carboxylic acids is 1. The van der Waals surface area contributed by atoms with Gasteiger partial charge in [0.2, 0.25) is 0 Å². The van der Waals surface area contributed by atoms with E-state index in [1.165, 1.54) is 24.4 Å². The van der Waals surface area contributed by atoms with E-state index in [4.69, 9.17) is 4.74 Å². The van der Waals surface area contributed by atoms with Crippen LogP contribution in [0.25, 0.3) is 11.3 Å². The van der Waals surface area contributed by atoms with Crippen LogP contribution in [0.15, 0.2) is 47.1 Å². The molecule has 10 nitrogen and oxygen atoms in total. The molecule has 5 rings (SSSR count). The minimum atomic E-state index is -4.74. The van der Waals surface area contributed by atoms with Crippen molar-refractivity contribution in [2.45, 2.75) is 81.0 Å². The average molecular weight is 705 g/mol. The second-order valence-electron chi connectivity index (χ2n) is 11.1. The molecular formula is C29H30BrF5N4O6. The Morgan fingerprint density at radius 3 is 2.38 bits per heavy atom. The first-order valence-corrected chi connectivity index (χ1v) is 14.9. The van der Waals surface area contributed by atoms with Gasteiger partial charge in [0.1, 0.15) is 41.7 Å². The molecule has 1 aromatic heterocycles. The van der Waals surface area contributed by atoms with Crippen LogP contribution in [-0.4, -0.2) is 89.4 Å². The number of benzene rings is 2. The summed E-state index contributed by atoms with van der Waals surface area (Å²) < 4.78 is 76.1. The first kappa shape index (κ1) is 33.3. The Bertz CT molecular complexity index is 1500. The van der Waals surface area contributed by atoms with Gasteiger partial charge < -0.3 is 30.1 Å². The van der Waals surface area contributed by atoms with Crippen molar-refractivity contribution in [1.29, 1.82) is 0 Å². The Balaban J connectivity index is 1.50. The van der Waals surface area contributed by atoms with Crippen LogP contribution in [-0.2, 0) is 22.3 Å². The molecule has 0 unspecified atom stereocenters. The Hall–Kier alpha value is -3.02. The molecule has 2 aliphatic rings. The quantitative estimate of drug-likeness (QED) is 0.217. The van der Waals surface area contributed by atoms with Gasteiger partial charge >= 0.3 is 6.18 Å². The lowest BCUT2D eigenvalue weighted by atomic mass is 9.88. The van der Waals surface area contributed by atoms with Crippen LogP contribution in [0, 0.1) is 11.6 Å². The third kappa shape index (κ3) is 6.76. The third-order valence-electron chi connectivity index (χ3n) is 8.27. The topological polar surface area (TPSA) is 141 Å². The molecule has 1 aliphatic carbocycles. The minimum Gasteiger partial charge on any atom is -0.394 e. The second-order valence-corrected chi connectivity index (χ2v) is 11.9. The number of halogens is 6. The molecule has 1 saturated carbocycles. The molecule has 3 aromatic rings. The van der Waals surface area contributed by atoms with E-state index in [2.05, 4.69) is 26.2 Å². The minimum absolute atomic E-state index is 0.0254. The van der Waals surface area contributed by atoms with Gasteiger partial charge in [-0.3, -0.25) is 4.79 Å². The summed E-state index contributed by atoms with van der Waals surface area (Å²) in [5, 5.41) is 51.0. The number of aliphatic hydroxyl groups is 4. The molecule has 4 N–H and O–H groups in total. The van der Waals surface area contributed by atoms with Crippen molar-refractivity contribution in [1.82, 2.24) is 19.9 Å². The second kappa shape index (κ2) is 13.4. The largest absolute Gasteiger partial charge is 0.416 e. The fourth-order valence-corrected chi connectivity index (χ4v) is 6.20. The monoisotopic (exact) mass is 704 g/mol. The molecule has 244 valence electrons. The summed E-state index contributed by atoms with van der Waals surface area (Å²) in [5.41, 5.74) is -1.30. The number of hydrogen-bond acceptors (Lipinski definition) is 8. The smallest absolute Gasteiger partial charge is 0.394 e. The van der Waals surface area contributed by atoms with E-state index in [0.29, 0.717) is 19.3 Å². The summed E-state index contributed by atoms with van der Waals surface area (Å²) in [5.74, 6) is -2.82. The summed E-state index contributed by atoms with van der Waals surface area (Å²) in [6.07, 6.45) is -9.67. The molecule has 1 aliphatic heterocycles. The van der Waals surface area contributed by atoms with Crippen LogP contribution in [0.2, 0.25) is 0 Å². The van der Waals surface area contributed by atoms with Gasteiger partial charge in [-0.05, 0) is 52.5 Å². The number of hydrogen-bond donors (Lipinski definition) is 4. The third-order valence-corrected chi connectivity index (χ3v) is 9.03. The molecular weight excluding hydrogens is 675 g/mol. The van der Waals surface area contributed by atoms with Crippen LogP contribution in [0.1, 0.15) is 42.9 Å². The van der Waals surface area contributed by atoms with Crippen molar-refractivity contribution in [2.24, 2.45) is 0 Å². The Morgan fingerprint density at radius 2 is 1.73 bits per heavy atom. The van der Waals surface area contributed by atoms with Gasteiger partial charge in [-0.25, -0.2) is 13.5 Å². The Kier molecular flexibility index (Phi) is 9.91. The molecule has 1 saturated heterocycles. The van der Waals surface area contributed by atoms with Gasteiger partial charge in [0, 0.05) is 12.1 Å². The van der Waals surface area contributed by atoms with Gasteiger partial charge in [0.15, 0.2) is 6.10 Å². The number of carbonyl (C=O) groups is 1. The van der Waals surface area contributed by atoms with E-state index in [-0.39, 0.29) is 23.2 Å². The van der Waals surface area contributed by atoms with E-state index < -0.39 is 89.5 Å². The van der Waals surface area contributed by atoms with Crippen molar-refractivity contribution >= 4 is 21.8 Å². The number of nitrogens with zero attached hydrogens (tertiary/aromatic N) is 4. The lowest BCUT2D eigenvalue weighted by Crippen LogP contribution is -2.62. The van der Waals surface area contributed by atoms with Crippen LogP contribution in [0.5, 0.6) is 0 Å². The molecule has 2 aromatic carbocycles. The lowest BCUT2D eigenvalue weighted by Gasteiger charge is -2.45. The molecule has 0 radical (unpaired) electrons. The van der Waals surface area contributed by atoms with Gasteiger partial charge in [0.05, 0.1) is 35.0 Å². The molecule has 16 heteroatoms. The zero-order valence-electron chi connectivity index (χ0n) is 23.5. The van der Waals surface area contributed by atoms with Crippen molar-refractivity contribution in [3.8, 4) is 11.3 Å². The number of aliphatic hydroxyl groups excluding tert-OH is 4. The summed E-state index contributed by atoms with van der Waals surface area (Å²) in [6, 6.07) is 4.24. The van der Waals surface area contributed by atoms with Crippen LogP contribution < -0.4 is 0 Å². The number of amides is 1. The number of aromatic nitrogens is 3. The average Bonchev–Trinajstić information content (AvgIpc) is 3.48. The van der Waals surface area contributed by atoms with Crippen molar-refractivity contribution in [3.63, 3.8) is 0 Å². The standard InChI is InChI=1S/C29H30BrF5N4O6/c30-23-17(31)9-15(10-18(23)32)19-12-39(37-36-19)24-25(42)22(13-40)45-27(26(24)43)28(44)38(20-7-3-4-8-21(20)41)11-14-5-1-2-6-16(14)29(33,34)35/h1-2,5-6,9-10,12,20-22,24-27,40-43H,3-4,7-8,11,13H2/t20-,21-,22+,24-,25-,26+,27+/m0/s1. The maximum Gasteiger partial charge on any atom is 0.416 e. The number of alkyl halides is 3. The molecule has 2 heterocycles. The molecule has 0 bridgehead atoms. The van der Waals surface area contributed by atoms with E-state index in [1.54, 1.807) is 0 Å². The van der Waals surface area contributed by atoms with Crippen molar-refractivity contribution in [3.05, 3.63) is 69.8 Å². The first-order valence-electron chi connectivity index (χ1n) is 14.1. The maximum absolute atomic E-state index is 14.2. The van der Waals surface area contributed by atoms with Crippen molar-refractivity contribution < 1.29 is 51.9 Å². The zero-order chi connectivity index (χ0) is 32.6. The molecule has 2 fully saturated rings. The predicted molar refractivity (Wildman–Crippen MR) is 150 cm³/mol. The molecule has 45 heavy (non-hydrogen) atoms. The molecule has 0 spiro atoms. The molecule has 7 atom stereocenters. The summed E-state index contributed by atoms with van der Waals surface area (Å²) in [4.78, 5) is 15.2. The highest BCUT2D eigenvalue weighted by molar-refractivity contribution is 9.10. The maximum atomic E-state index is 14.2. The van der Waals surface area contributed by atoms with Crippen molar-refractivity contribution in [2.75, 3.05) is 6.61 Å². The van der Waals surface area contributed by atoms with E-state index in [1.807, 2.05) is 0 Å². The highest BCUT2D eigenvalue weighted by atomic mass is 79.9. The van der Waals surface area contributed by atoms with E-state index in [0.717, 1.165) is 27.8 Å². The van der Waals surface area contributed by atoms with Gasteiger partial charge in [-0.2, -0.15) is 13.2 Å². The Morgan fingerprint density at radius 1 is 1.07 bits per heavy atom. The highest BCUT2D eigenvalue weighted by Crippen LogP contribution is 2.37. The van der Waals surface area contributed by atoms with Crippen LogP contribution in [0.3, 0.4) is 0 Å². The summed E-state index contributed by atoms with van der Waals surface area (Å²) in [7, 11) is 0. The SMILES string of the molecule is O=C([C@@H]1O[C@H](CO)[C@H](O)[C@H](n2cc(-c3cc(F)c(Br)c(F)c3)nn2)[C@H]1O)N(Cc1ccccc1C(F)(F)F)[C@H]1CCCC[C@@H]1O. The summed E-state index contributed by atoms with van der Waals surface area (Å²) >= 11 is 2.78. The fourth-order valence-electron chi connectivity index (χ4n) is 5.97. The Labute approximate surface area is 262 Å². The summed E-state index contributed by atoms with van der Waals surface area (Å²) in [6.45, 7) is -1.39. The first-order chi connectivity index (χ1) is 21.3. The number of rotatable bonds is 7. The predicted octanol–water partition coefficient (Wildman–Crippen LogP) is 3.36. The van der Waals surface area contributed by atoms with Gasteiger partial charge in [-0.15, -0.1) is 5.10 Å². The van der Waals surface area contributed by atoms with Gasteiger partial charge in [0.25, 0.3) is 5.91 Å². The van der Waals surface area contributed by atoms with Crippen LogP contribution in [0.4, 0.5) is 22.0 Å². The number of ether oxygens (including phenoxy) is 1. The highest BCUT2D eigenvalue weighted by Gasteiger charge is 2.51. The van der Waals surface area contributed by atoms with E-state index >= 15 is 0 Å². The normalized spacial score (nSPS) is 27.4. The fraction of sp³-hybridized carbons (Fsp3) is 0.483. The van der Waals surface area contributed by atoms with Gasteiger partial charge in [-0.1, -0.05) is 36.3 Å².